The van der Waals surface area contributed by atoms with Crippen LogP contribution in [0.2, 0.25) is 0 Å². The van der Waals surface area contributed by atoms with E-state index in [4.69, 9.17) is 14.0 Å². The lowest BCUT2D eigenvalue weighted by Crippen LogP contribution is -2.27. The lowest BCUT2D eigenvalue weighted by molar-refractivity contribution is 0.0895. The van der Waals surface area contributed by atoms with Crippen molar-refractivity contribution in [3.05, 3.63) is 29.7 Å². The van der Waals surface area contributed by atoms with Crippen LogP contribution in [0.1, 0.15) is 42.8 Å². The molecule has 0 bridgehead atoms. The maximum atomic E-state index is 5.88. The summed E-state index contributed by atoms with van der Waals surface area (Å²) < 4.78 is 17.9. The van der Waals surface area contributed by atoms with Crippen molar-refractivity contribution in [2.75, 3.05) is 20.3 Å². The summed E-state index contributed by atoms with van der Waals surface area (Å²) in [4.78, 5) is 4.32. The third-order valence-electron chi connectivity index (χ3n) is 4.08. The van der Waals surface area contributed by atoms with Crippen molar-refractivity contribution < 1.29 is 14.0 Å². The lowest BCUT2D eigenvalue weighted by Gasteiger charge is -2.19. The molecule has 2 aromatic rings. The molecule has 0 amide bonds. The highest BCUT2D eigenvalue weighted by Crippen LogP contribution is 2.34. The van der Waals surface area contributed by atoms with Crippen LogP contribution < -0.4 is 5.32 Å². The van der Waals surface area contributed by atoms with Crippen LogP contribution in [-0.2, 0) is 23.1 Å². The van der Waals surface area contributed by atoms with E-state index in [0.29, 0.717) is 24.2 Å². The molecule has 3 heterocycles. The molecule has 0 aliphatic carbocycles. The van der Waals surface area contributed by atoms with Crippen LogP contribution in [0.4, 0.5) is 0 Å². The third-order valence-corrected chi connectivity index (χ3v) is 4.08. The van der Waals surface area contributed by atoms with Gasteiger partial charge in [-0.3, -0.25) is 4.68 Å². The lowest BCUT2D eigenvalue weighted by atomic mass is 9.97. The Balaban J connectivity index is 1.56. The van der Waals surface area contributed by atoms with Crippen LogP contribution in [0.15, 0.2) is 16.9 Å². The summed E-state index contributed by atoms with van der Waals surface area (Å²) in [6.45, 7) is 3.97. The summed E-state index contributed by atoms with van der Waals surface area (Å²) in [5, 5.41) is 11.6. The first kappa shape index (κ1) is 16.1. The third kappa shape index (κ3) is 3.77. The van der Waals surface area contributed by atoms with Gasteiger partial charge in [0.25, 0.3) is 0 Å². The standard InChI is InChI=1S/C15H23N5O3/c1-10(15-18-13(9-21-3)19-23-15)16-6-11-4-5-22-14(11)12-7-17-20(2)8-12/h7-8,10-11,14,16H,4-6,9H2,1-3H3/t10?,11-,14+/m0/s1. The second-order valence-corrected chi connectivity index (χ2v) is 5.90. The van der Waals surface area contributed by atoms with Gasteiger partial charge in [-0.15, -0.1) is 0 Å². The number of aromatic nitrogens is 4. The Kier molecular flexibility index (Phi) is 5.04. The summed E-state index contributed by atoms with van der Waals surface area (Å²) >= 11 is 0. The van der Waals surface area contributed by atoms with Gasteiger partial charge in [0, 0.05) is 45.0 Å². The van der Waals surface area contributed by atoms with Crippen molar-refractivity contribution in [3.8, 4) is 0 Å². The summed E-state index contributed by atoms with van der Waals surface area (Å²) in [7, 11) is 3.53. The van der Waals surface area contributed by atoms with Crippen molar-refractivity contribution in [2.45, 2.75) is 32.1 Å². The van der Waals surface area contributed by atoms with Gasteiger partial charge < -0.3 is 19.3 Å². The minimum Gasteiger partial charge on any atom is -0.377 e. The first-order chi connectivity index (χ1) is 11.2. The van der Waals surface area contributed by atoms with Gasteiger partial charge in [-0.2, -0.15) is 10.1 Å². The van der Waals surface area contributed by atoms with E-state index in [2.05, 4.69) is 20.6 Å². The van der Waals surface area contributed by atoms with Crippen LogP contribution in [0.3, 0.4) is 0 Å². The fourth-order valence-corrected chi connectivity index (χ4v) is 2.84. The molecule has 1 aliphatic rings. The topological polar surface area (TPSA) is 87.2 Å². The molecule has 1 N–H and O–H groups in total. The normalized spacial score (nSPS) is 22.6. The molecule has 1 aliphatic heterocycles. The number of nitrogens with zero attached hydrogens (tertiary/aromatic N) is 4. The van der Waals surface area contributed by atoms with Gasteiger partial charge in [-0.05, 0) is 13.3 Å². The highest BCUT2D eigenvalue weighted by molar-refractivity contribution is 5.11. The van der Waals surface area contributed by atoms with Gasteiger partial charge in [0.2, 0.25) is 5.89 Å². The van der Waals surface area contributed by atoms with E-state index in [1.54, 1.807) is 11.8 Å². The summed E-state index contributed by atoms with van der Waals surface area (Å²) in [6.07, 6.45) is 5.01. The molecule has 0 saturated carbocycles. The molecule has 8 nitrogen and oxygen atoms in total. The Bertz CT molecular complexity index is 626. The minimum atomic E-state index is -0.0109. The first-order valence-electron chi connectivity index (χ1n) is 7.82. The van der Waals surface area contributed by atoms with Crippen molar-refractivity contribution in [2.24, 2.45) is 13.0 Å². The zero-order chi connectivity index (χ0) is 16.2. The Morgan fingerprint density at radius 2 is 2.39 bits per heavy atom. The van der Waals surface area contributed by atoms with Crippen LogP contribution in [0, 0.1) is 5.92 Å². The Morgan fingerprint density at radius 1 is 1.52 bits per heavy atom. The quantitative estimate of drug-likeness (QED) is 0.824. The van der Waals surface area contributed by atoms with E-state index >= 15 is 0 Å². The van der Waals surface area contributed by atoms with E-state index in [9.17, 15) is 0 Å². The van der Waals surface area contributed by atoms with Crippen molar-refractivity contribution in [1.82, 2.24) is 25.2 Å². The maximum Gasteiger partial charge on any atom is 0.243 e. The van der Waals surface area contributed by atoms with Crippen LogP contribution in [0.5, 0.6) is 0 Å². The fraction of sp³-hybridized carbons (Fsp3) is 0.667. The number of methoxy groups -OCH3 is 1. The van der Waals surface area contributed by atoms with Gasteiger partial charge in [-0.25, -0.2) is 0 Å². The number of nitrogens with one attached hydrogen (secondary N) is 1. The first-order valence-corrected chi connectivity index (χ1v) is 7.82. The molecular weight excluding hydrogens is 298 g/mol. The zero-order valence-electron chi connectivity index (χ0n) is 13.7. The molecule has 1 fully saturated rings. The van der Waals surface area contributed by atoms with Crippen molar-refractivity contribution in [1.29, 1.82) is 0 Å². The molecule has 23 heavy (non-hydrogen) atoms. The van der Waals surface area contributed by atoms with Gasteiger partial charge in [0.15, 0.2) is 5.82 Å². The summed E-state index contributed by atoms with van der Waals surface area (Å²) in [5.74, 6) is 1.55. The highest BCUT2D eigenvalue weighted by atomic mass is 16.5. The Hall–Kier alpha value is -1.77. The molecule has 3 atom stereocenters. The SMILES string of the molecule is COCc1noc(C(C)NC[C@@H]2CCO[C@H]2c2cnn(C)c2)n1. The molecule has 2 aromatic heterocycles. The minimum absolute atomic E-state index is 0.0109. The van der Waals surface area contributed by atoms with Crippen molar-refractivity contribution >= 4 is 0 Å². The number of ether oxygens (including phenoxy) is 2. The van der Waals surface area contributed by atoms with Crippen LogP contribution in [-0.4, -0.2) is 40.2 Å². The van der Waals surface area contributed by atoms with E-state index in [0.717, 1.165) is 25.1 Å². The van der Waals surface area contributed by atoms with E-state index < -0.39 is 0 Å². The fourth-order valence-electron chi connectivity index (χ4n) is 2.84. The molecule has 0 radical (unpaired) electrons. The summed E-state index contributed by atoms with van der Waals surface area (Å²) in [6, 6.07) is -0.0109. The average molecular weight is 321 g/mol. The predicted octanol–water partition coefficient (Wildman–Crippen LogP) is 1.38. The van der Waals surface area contributed by atoms with Crippen LogP contribution in [0.25, 0.3) is 0 Å². The van der Waals surface area contributed by atoms with Crippen molar-refractivity contribution in [3.63, 3.8) is 0 Å². The molecule has 1 unspecified atom stereocenters. The average Bonchev–Trinajstić information content (AvgIpc) is 3.25. The van der Waals surface area contributed by atoms with E-state index in [1.165, 1.54) is 0 Å². The molecular formula is C15H23N5O3. The second-order valence-electron chi connectivity index (χ2n) is 5.90. The Morgan fingerprint density at radius 3 is 3.13 bits per heavy atom. The smallest absolute Gasteiger partial charge is 0.243 e. The molecule has 1 saturated heterocycles. The van der Waals surface area contributed by atoms with Crippen LogP contribution >= 0.6 is 0 Å². The molecule has 3 rings (SSSR count). The Labute approximate surface area is 135 Å². The number of hydrogen-bond donors (Lipinski definition) is 1. The van der Waals surface area contributed by atoms with Gasteiger partial charge in [0.1, 0.15) is 6.61 Å². The molecule has 0 spiro atoms. The van der Waals surface area contributed by atoms with Gasteiger partial charge in [0.05, 0.1) is 18.3 Å². The molecule has 8 heteroatoms. The number of aryl methyl sites for hydroxylation is 1. The number of hydrogen-bond acceptors (Lipinski definition) is 7. The molecule has 126 valence electrons. The maximum absolute atomic E-state index is 5.88. The second kappa shape index (κ2) is 7.20. The molecule has 0 aromatic carbocycles. The van der Waals surface area contributed by atoms with Gasteiger partial charge in [-0.1, -0.05) is 5.16 Å². The van der Waals surface area contributed by atoms with E-state index in [1.807, 2.05) is 26.4 Å². The summed E-state index contributed by atoms with van der Waals surface area (Å²) in [5.41, 5.74) is 1.13. The predicted molar refractivity (Wildman–Crippen MR) is 81.4 cm³/mol. The van der Waals surface area contributed by atoms with Gasteiger partial charge >= 0.3 is 0 Å². The number of rotatable bonds is 7. The zero-order valence-corrected chi connectivity index (χ0v) is 13.7. The monoisotopic (exact) mass is 321 g/mol. The largest absolute Gasteiger partial charge is 0.377 e. The highest BCUT2D eigenvalue weighted by Gasteiger charge is 2.31. The van der Waals surface area contributed by atoms with E-state index in [-0.39, 0.29) is 12.1 Å².